The normalized spacial score (nSPS) is 18.2. The third-order valence-electron chi connectivity index (χ3n) is 7.62. The van der Waals surface area contributed by atoms with Crippen LogP contribution in [0.5, 0.6) is 0 Å². The molecule has 2 fully saturated rings. The van der Waals surface area contributed by atoms with Crippen LogP contribution >= 0.6 is 0 Å². The standard InChI is InChI=1S/C29H39N5/c1-4-27-31-28-22(2)19-23(3)30-29(28)34(27)21-26-12-10-24(11-13-26)9-6-14-32-15-17-33(18-16-32)20-25-7-5-8-25/h6,9-13,19,25H,4-5,7-8,14-18,20-21H2,1-3H3/b9-6+. The largest absolute Gasteiger partial charge is 0.308 e. The van der Waals surface area contributed by atoms with Crippen LogP contribution in [-0.4, -0.2) is 63.6 Å². The molecule has 0 N–H and O–H groups in total. The maximum atomic E-state index is 4.88. The molecule has 34 heavy (non-hydrogen) atoms. The van der Waals surface area contributed by atoms with Gasteiger partial charge in [-0.3, -0.25) is 4.90 Å². The van der Waals surface area contributed by atoms with Crippen LogP contribution in [-0.2, 0) is 13.0 Å². The summed E-state index contributed by atoms with van der Waals surface area (Å²) in [5.74, 6) is 2.09. The van der Waals surface area contributed by atoms with E-state index in [2.05, 4.69) is 77.6 Å². The van der Waals surface area contributed by atoms with Gasteiger partial charge in [-0.15, -0.1) is 0 Å². The minimum atomic E-state index is 0.810. The monoisotopic (exact) mass is 457 g/mol. The fourth-order valence-electron chi connectivity index (χ4n) is 5.33. The fourth-order valence-corrected chi connectivity index (χ4v) is 5.33. The second-order valence-electron chi connectivity index (χ2n) is 10.3. The molecule has 1 aliphatic carbocycles. The molecule has 5 heteroatoms. The van der Waals surface area contributed by atoms with Gasteiger partial charge in [-0.05, 0) is 55.4 Å². The summed E-state index contributed by atoms with van der Waals surface area (Å²) in [5.41, 5.74) is 6.85. The van der Waals surface area contributed by atoms with E-state index in [1.54, 1.807) is 0 Å². The molecule has 3 heterocycles. The van der Waals surface area contributed by atoms with Gasteiger partial charge < -0.3 is 9.47 Å². The minimum Gasteiger partial charge on any atom is -0.308 e. The summed E-state index contributed by atoms with van der Waals surface area (Å²) in [7, 11) is 0. The van der Waals surface area contributed by atoms with E-state index >= 15 is 0 Å². The molecule has 2 aliphatic rings. The quantitative estimate of drug-likeness (QED) is 0.472. The van der Waals surface area contributed by atoms with Crippen molar-refractivity contribution in [2.24, 2.45) is 5.92 Å². The lowest BCUT2D eigenvalue weighted by atomic mass is 9.85. The molecule has 5 rings (SSSR count). The smallest absolute Gasteiger partial charge is 0.160 e. The van der Waals surface area contributed by atoms with E-state index in [1.165, 1.54) is 68.7 Å². The van der Waals surface area contributed by atoms with Gasteiger partial charge in [-0.2, -0.15) is 0 Å². The van der Waals surface area contributed by atoms with E-state index in [9.17, 15) is 0 Å². The molecule has 0 amide bonds. The maximum absolute atomic E-state index is 4.88. The Morgan fingerprint density at radius 3 is 2.38 bits per heavy atom. The van der Waals surface area contributed by atoms with Crippen molar-refractivity contribution in [3.05, 3.63) is 64.6 Å². The Labute approximate surface area is 204 Å². The first-order valence-corrected chi connectivity index (χ1v) is 13.1. The van der Waals surface area contributed by atoms with Crippen molar-refractivity contribution in [1.82, 2.24) is 24.3 Å². The van der Waals surface area contributed by atoms with E-state index in [-0.39, 0.29) is 0 Å². The number of nitrogens with zero attached hydrogens (tertiary/aromatic N) is 5. The topological polar surface area (TPSA) is 37.2 Å². The molecular weight excluding hydrogens is 418 g/mol. The highest BCUT2D eigenvalue weighted by atomic mass is 15.3. The van der Waals surface area contributed by atoms with Crippen LogP contribution in [0.4, 0.5) is 0 Å². The lowest BCUT2D eigenvalue weighted by Crippen LogP contribution is -2.48. The number of hydrogen-bond donors (Lipinski definition) is 0. The Kier molecular flexibility index (Phi) is 7.12. The number of aryl methyl sites for hydroxylation is 3. The molecule has 2 aromatic heterocycles. The number of fused-ring (bicyclic) bond motifs is 1. The summed E-state index contributed by atoms with van der Waals surface area (Å²) < 4.78 is 2.28. The Hall–Kier alpha value is -2.50. The minimum absolute atomic E-state index is 0.810. The molecule has 1 aromatic carbocycles. The molecule has 0 bridgehead atoms. The molecule has 0 atom stereocenters. The number of hydrogen-bond acceptors (Lipinski definition) is 4. The van der Waals surface area contributed by atoms with E-state index in [4.69, 9.17) is 9.97 Å². The van der Waals surface area contributed by atoms with Gasteiger partial charge >= 0.3 is 0 Å². The SMILES string of the molecule is CCc1nc2c(C)cc(C)nc2n1Cc1ccc(/C=C/CN2CCN(CC3CCC3)CC2)cc1. The Morgan fingerprint density at radius 1 is 0.971 bits per heavy atom. The maximum Gasteiger partial charge on any atom is 0.160 e. The average Bonchev–Trinajstić information content (AvgIpc) is 3.16. The molecule has 3 aromatic rings. The first kappa shape index (κ1) is 23.3. The van der Waals surface area contributed by atoms with Gasteiger partial charge in [0.05, 0.1) is 6.54 Å². The van der Waals surface area contributed by atoms with Crippen molar-refractivity contribution in [3.63, 3.8) is 0 Å². The summed E-state index contributed by atoms with van der Waals surface area (Å²) in [5, 5.41) is 0. The summed E-state index contributed by atoms with van der Waals surface area (Å²) in [4.78, 5) is 14.9. The first-order valence-electron chi connectivity index (χ1n) is 13.1. The second-order valence-corrected chi connectivity index (χ2v) is 10.3. The highest BCUT2D eigenvalue weighted by Gasteiger charge is 2.23. The second kappa shape index (κ2) is 10.4. The molecule has 0 unspecified atom stereocenters. The zero-order valence-electron chi connectivity index (χ0n) is 21.1. The predicted octanol–water partition coefficient (Wildman–Crippen LogP) is 5.09. The van der Waals surface area contributed by atoms with Gasteiger partial charge in [0.15, 0.2) is 5.65 Å². The van der Waals surface area contributed by atoms with Crippen LogP contribution in [0.15, 0.2) is 36.4 Å². The number of pyridine rings is 1. The van der Waals surface area contributed by atoms with Crippen LogP contribution in [0, 0.1) is 19.8 Å². The van der Waals surface area contributed by atoms with Crippen molar-refractivity contribution in [2.45, 2.75) is 53.0 Å². The number of rotatable bonds is 8. The van der Waals surface area contributed by atoms with Crippen LogP contribution in [0.3, 0.4) is 0 Å². The van der Waals surface area contributed by atoms with Crippen molar-refractivity contribution < 1.29 is 0 Å². The lowest BCUT2D eigenvalue weighted by molar-refractivity contribution is 0.107. The molecule has 1 saturated carbocycles. The Balaban J connectivity index is 1.17. The van der Waals surface area contributed by atoms with E-state index in [0.29, 0.717) is 0 Å². The molecule has 180 valence electrons. The Morgan fingerprint density at radius 2 is 1.71 bits per heavy atom. The zero-order valence-corrected chi connectivity index (χ0v) is 21.1. The predicted molar refractivity (Wildman–Crippen MR) is 141 cm³/mol. The van der Waals surface area contributed by atoms with Gasteiger partial charge in [-0.25, -0.2) is 9.97 Å². The third kappa shape index (κ3) is 5.26. The molecule has 1 saturated heterocycles. The highest BCUT2D eigenvalue weighted by Crippen LogP contribution is 2.27. The molecule has 0 radical (unpaired) electrons. The summed E-state index contributed by atoms with van der Waals surface area (Å²) >= 11 is 0. The Bertz CT molecular complexity index is 1130. The van der Waals surface area contributed by atoms with Crippen LogP contribution < -0.4 is 0 Å². The molecule has 1 aliphatic heterocycles. The van der Waals surface area contributed by atoms with Crippen LogP contribution in [0.1, 0.15) is 54.4 Å². The van der Waals surface area contributed by atoms with Crippen molar-refractivity contribution in [2.75, 3.05) is 39.3 Å². The molecular formula is C29H39N5. The fraction of sp³-hybridized carbons (Fsp3) is 0.517. The van der Waals surface area contributed by atoms with Crippen LogP contribution in [0.2, 0.25) is 0 Å². The number of aromatic nitrogens is 3. The number of piperazine rings is 1. The summed E-state index contributed by atoms with van der Waals surface area (Å²) in [6.07, 6.45) is 9.86. The average molecular weight is 458 g/mol. The van der Waals surface area contributed by atoms with Crippen molar-refractivity contribution in [3.8, 4) is 0 Å². The van der Waals surface area contributed by atoms with Gasteiger partial charge in [-0.1, -0.05) is 49.8 Å². The van der Waals surface area contributed by atoms with E-state index in [0.717, 1.165) is 48.1 Å². The van der Waals surface area contributed by atoms with Gasteiger partial charge in [0.25, 0.3) is 0 Å². The lowest BCUT2D eigenvalue weighted by Gasteiger charge is -2.38. The summed E-state index contributed by atoms with van der Waals surface area (Å²) in [6.45, 7) is 14.4. The summed E-state index contributed by atoms with van der Waals surface area (Å²) in [6, 6.07) is 11.1. The zero-order chi connectivity index (χ0) is 23.5. The first-order chi connectivity index (χ1) is 16.6. The van der Waals surface area contributed by atoms with E-state index < -0.39 is 0 Å². The van der Waals surface area contributed by atoms with Gasteiger partial charge in [0.1, 0.15) is 11.3 Å². The van der Waals surface area contributed by atoms with Crippen LogP contribution in [0.25, 0.3) is 17.2 Å². The van der Waals surface area contributed by atoms with Gasteiger partial charge in [0.2, 0.25) is 0 Å². The van der Waals surface area contributed by atoms with E-state index in [1.807, 2.05) is 0 Å². The van der Waals surface area contributed by atoms with Crippen molar-refractivity contribution in [1.29, 1.82) is 0 Å². The number of benzene rings is 1. The van der Waals surface area contributed by atoms with Gasteiger partial charge in [0, 0.05) is 51.4 Å². The third-order valence-corrected chi connectivity index (χ3v) is 7.62. The van der Waals surface area contributed by atoms with Crippen molar-refractivity contribution >= 4 is 17.2 Å². The molecule has 0 spiro atoms. The highest BCUT2D eigenvalue weighted by molar-refractivity contribution is 5.76. The number of imidazole rings is 1. The molecule has 5 nitrogen and oxygen atoms in total.